The highest BCUT2D eigenvalue weighted by molar-refractivity contribution is 7.93. The molecule has 2 rings (SSSR count). The minimum absolute atomic E-state index is 0.122. The summed E-state index contributed by atoms with van der Waals surface area (Å²) in [5, 5.41) is 13.1. The minimum atomic E-state index is -3.42. The molecule has 0 saturated heterocycles. The number of carbonyl (C=O) groups is 2. The number of carbonyl (C=O) groups excluding carboxylic acids is 1. The van der Waals surface area contributed by atoms with Gasteiger partial charge in [0, 0.05) is 17.1 Å². The van der Waals surface area contributed by atoms with Gasteiger partial charge >= 0.3 is 5.97 Å². The van der Waals surface area contributed by atoms with Crippen LogP contribution in [0.3, 0.4) is 0 Å². The van der Waals surface area contributed by atoms with Gasteiger partial charge in [0.15, 0.2) is 9.84 Å². The topological polar surface area (TPSA) is 113 Å². The summed E-state index contributed by atoms with van der Waals surface area (Å²) in [5.41, 5.74) is 0.753. The van der Waals surface area contributed by atoms with Crippen molar-refractivity contribution in [3.05, 3.63) is 53.6 Å². The maximum atomic E-state index is 12.3. The standard InChI is InChI=1S/C16H16N2O5S/c1-24(22,23)9-8-12(10-15(19)20)17-16(21)14-7-6-11-4-2-3-5-13(11)18-14/h2-9,12H,10H2,1H3,(H,17,21)(H,19,20). The van der Waals surface area contributed by atoms with Gasteiger partial charge in [-0.25, -0.2) is 13.4 Å². The molecule has 1 heterocycles. The molecule has 1 aromatic heterocycles. The number of pyridine rings is 1. The van der Waals surface area contributed by atoms with E-state index in [1.54, 1.807) is 18.2 Å². The minimum Gasteiger partial charge on any atom is -0.481 e. The number of aliphatic carboxylic acids is 1. The van der Waals surface area contributed by atoms with E-state index in [4.69, 9.17) is 5.11 Å². The zero-order valence-corrected chi connectivity index (χ0v) is 13.7. The van der Waals surface area contributed by atoms with E-state index in [0.717, 1.165) is 23.1 Å². The lowest BCUT2D eigenvalue weighted by Crippen LogP contribution is -2.35. The van der Waals surface area contributed by atoms with Gasteiger partial charge in [0.1, 0.15) is 5.69 Å². The molecular weight excluding hydrogens is 332 g/mol. The highest BCUT2D eigenvalue weighted by atomic mass is 32.2. The second kappa shape index (κ2) is 7.22. The lowest BCUT2D eigenvalue weighted by atomic mass is 10.1. The number of benzene rings is 1. The van der Waals surface area contributed by atoms with Crippen LogP contribution in [0.1, 0.15) is 16.9 Å². The number of nitrogens with one attached hydrogen (secondary N) is 1. The number of fused-ring (bicyclic) bond motifs is 1. The average Bonchev–Trinajstić information content (AvgIpc) is 2.51. The molecule has 0 radical (unpaired) electrons. The van der Waals surface area contributed by atoms with Crippen LogP contribution in [0.4, 0.5) is 0 Å². The first kappa shape index (κ1) is 17.6. The van der Waals surface area contributed by atoms with E-state index in [0.29, 0.717) is 5.52 Å². The second-order valence-corrected chi connectivity index (χ2v) is 7.16. The number of hydrogen-bond donors (Lipinski definition) is 2. The van der Waals surface area contributed by atoms with Crippen molar-refractivity contribution >= 4 is 32.6 Å². The lowest BCUT2D eigenvalue weighted by Gasteiger charge is -2.13. The Morgan fingerprint density at radius 1 is 1.25 bits per heavy atom. The number of para-hydroxylation sites is 1. The first-order valence-corrected chi connectivity index (χ1v) is 8.97. The fourth-order valence-electron chi connectivity index (χ4n) is 2.03. The third kappa shape index (κ3) is 5.17. The van der Waals surface area contributed by atoms with E-state index in [2.05, 4.69) is 10.3 Å². The Hall–Kier alpha value is -2.74. The van der Waals surface area contributed by atoms with Crippen LogP contribution < -0.4 is 5.32 Å². The summed E-state index contributed by atoms with van der Waals surface area (Å²) >= 11 is 0. The first-order valence-electron chi connectivity index (χ1n) is 7.01. The fraction of sp³-hybridized carbons (Fsp3) is 0.188. The van der Waals surface area contributed by atoms with Crippen LogP contribution in [0.15, 0.2) is 47.9 Å². The summed E-state index contributed by atoms with van der Waals surface area (Å²) in [5.74, 6) is -1.74. The zero-order chi connectivity index (χ0) is 17.7. The summed E-state index contributed by atoms with van der Waals surface area (Å²) in [4.78, 5) is 27.3. The number of nitrogens with zero attached hydrogens (tertiary/aromatic N) is 1. The summed E-state index contributed by atoms with van der Waals surface area (Å²) < 4.78 is 22.3. The molecule has 1 amide bonds. The molecule has 0 bridgehead atoms. The summed E-state index contributed by atoms with van der Waals surface area (Å²) in [6, 6.07) is 9.54. The van der Waals surface area contributed by atoms with E-state index in [1.165, 1.54) is 6.07 Å². The van der Waals surface area contributed by atoms with Gasteiger partial charge in [0.25, 0.3) is 5.91 Å². The molecule has 2 N–H and O–H groups in total. The molecule has 1 atom stereocenters. The lowest BCUT2D eigenvalue weighted by molar-refractivity contribution is -0.137. The molecule has 0 fully saturated rings. The average molecular weight is 348 g/mol. The molecular formula is C16H16N2O5S. The third-order valence-electron chi connectivity index (χ3n) is 3.10. The van der Waals surface area contributed by atoms with E-state index in [1.807, 2.05) is 12.1 Å². The molecule has 1 aromatic carbocycles. The van der Waals surface area contributed by atoms with Crippen molar-refractivity contribution in [3.8, 4) is 0 Å². The van der Waals surface area contributed by atoms with Crippen LogP contribution in [-0.4, -0.2) is 42.7 Å². The Balaban J connectivity index is 2.21. The monoisotopic (exact) mass is 348 g/mol. The van der Waals surface area contributed by atoms with Crippen LogP contribution in [0, 0.1) is 0 Å². The Kier molecular flexibility index (Phi) is 5.30. The number of rotatable bonds is 6. The summed E-state index contributed by atoms with van der Waals surface area (Å²) in [6.07, 6.45) is 1.68. The van der Waals surface area contributed by atoms with Gasteiger partial charge in [0.2, 0.25) is 0 Å². The Morgan fingerprint density at radius 2 is 1.96 bits per heavy atom. The molecule has 24 heavy (non-hydrogen) atoms. The van der Waals surface area contributed by atoms with Crippen molar-refractivity contribution in [2.75, 3.05) is 6.26 Å². The van der Waals surface area contributed by atoms with Crippen LogP contribution in [0.5, 0.6) is 0 Å². The first-order chi connectivity index (χ1) is 11.2. The predicted molar refractivity (Wildman–Crippen MR) is 89.2 cm³/mol. The molecule has 0 aliphatic rings. The summed E-state index contributed by atoms with van der Waals surface area (Å²) in [6.45, 7) is 0. The Morgan fingerprint density at radius 3 is 2.62 bits per heavy atom. The smallest absolute Gasteiger partial charge is 0.305 e. The third-order valence-corrected chi connectivity index (χ3v) is 3.75. The molecule has 0 saturated carbocycles. The van der Waals surface area contributed by atoms with Gasteiger partial charge in [-0.3, -0.25) is 9.59 Å². The predicted octanol–water partition coefficient (Wildman–Crippen LogP) is 1.37. The number of amides is 1. The molecule has 2 aromatic rings. The van der Waals surface area contributed by atoms with Gasteiger partial charge in [0.05, 0.1) is 18.0 Å². The number of carboxylic acids is 1. The Bertz CT molecular complexity index is 906. The largest absolute Gasteiger partial charge is 0.481 e. The maximum absolute atomic E-state index is 12.3. The van der Waals surface area contributed by atoms with Gasteiger partial charge < -0.3 is 10.4 Å². The molecule has 7 nitrogen and oxygen atoms in total. The van der Waals surface area contributed by atoms with Gasteiger partial charge in [-0.1, -0.05) is 30.3 Å². The molecule has 126 valence electrons. The van der Waals surface area contributed by atoms with Crippen LogP contribution in [0.2, 0.25) is 0 Å². The van der Waals surface area contributed by atoms with Gasteiger partial charge in [-0.05, 0) is 12.1 Å². The second-order valence-electron chi connectivity index (χ2n) is 5.23. The van der Waals surface area contributed by atoms with Gasteiger partial charge in [-0.15, -0.1) is 0 Å². The van der Waals surface area contributed by atoms with Crippen LogP contribution in [-0.2, 0) is 14.6 Å². The van der Waals surface area contributed by atoms with Crippen molar-refractivity contribution in [1.29, 1.82) is 0 Å². The molecule has 1 unspecified atom stereocenters. The van der Waals surface area contributed by atoms with E-state index in [-0.39, 0.29) is 5.69 Å². The van der Waals surface area contributed by atoms with Gasteiger partial charge in [-0.2, -0.15) is 0 Å². The number of aromatic nitrogens is 1. The van der Waals surface area contributed by atoms with E-state index in [9.17, 15) is 18.0 Å². The normalized spacial score (nSPS) is 13.0. The zero-order valence-electron chi connectivity index (χ0n) is 12.8. The van der Waals surface area contributed by atoms with E-state index < -0.39 is 34.2 Å². The maximum Gasteiger partial charge on any atom is 0.305 e. The number of carboxylic acid groups (broad SMARTS) is 1. The van der Waals surface area contributed by atoms with Crippen molar-refractivity contribution in [1.82, 2.24) is 10.3 Å². The molecule has 0 aliphatic heterocycles. The number of hydrogen-bond acceptors (Lipinski definition) is 5. The molecule has 0 spiro atoms. The highest BCUT2D eigenvalue weighted by Gasteiger charge is 2.16. The van der Waals surface area contributed by atoms with Crippen molar-refractivity contribution < 1.29 is 23.1 Å². The summed E-state index contributed by atoms with van der Waals surface area (Å²) in [7, 11) is -3.42. The van der Waals surface area contributed by atoms with Crippen molar-refractivity contribution in [3.63, 3.8) is 0 Å². The number of sulfone groups is 1. The molecule has 0 aliphatic carbocycles. The fourth-order valence-corrected chi connectivity index (χ4v) is 2.50. The molecule has 8 heteroatoms. The quantitative estimate of drug-likeness (QED) is 0.815. The van der Waals surface area contributed by atoms with E-state index >= 15 is 0 Å². The van der Waals surface area contributed by atoms with Crippen LogP contribution >= 0.6 is 0 Å². The Labute approximate surface area is 138 Å². The van der Waals surface area contributed by atoms with Crippen molar-refractivity contribution in [2.24, 2.45) is 0 Å². The van der Waals surface area contributed by atoms with Crippen molar-refractivity contribution in [2.45, 2.75) is 12.5 Å². The SMILES string of the molecule is CS(=O)(=O)C=CC(CC(=O)O)NC(=O)c1ccc2ccccc2n1. The highest BCUT2D eigenvalue weighted by Crippen LogP contribution is 2.12. The van der Waals surface area contributed by atoms with Crippen LogP contribution in [0.25, 0.3) is 10.9 Å².